The van der Waals surface area contributed by atoms with Gasteiger partial charge in [0.15, 0.2) is 16.7 Å². The van der Waals surface area contributed by atoms with Crippen molar-refractivity contribution in [2.75, 3.05) is 5.32 Å². The van der Waals surface area contributed by atoms with E-state index in [0.717, 1.165) is 5.82 Å². The number of hydrogen-bond acceptors (Lipinski definition) is 6. The molecule has 1 N–H and O–H groups in total. The van der Waals surface area contributed by atoms with Crippen molar-refractivity contribution in [2.45, 2.75) is 30.8 Å². The van der Waals surface area contributed by atoms with Gasteiger partial charge >= 0.3 is 0 Å². The summed E-state index contributed by atoms with van der Waals surface area (Å²) in [7, 11) is 0. The van der Waals surface area contributed by atoms with E-state index in [9.17, 15) is 14.4 Å². The fourth-order valence-electron chi connectivity index (χ4n) is 3.42. The Hall–Kier alpha value is -3.52. The summed E-state index contributed by atoms with van der Waals surface area (Å²) in [6, 6.07) is 11.5. The number of aromatic nitrogens is 3. The molecule has 0 saturated carbocycles. The number of benzene rings is 2. The molecule has 4 rings (SSSR count). The first-order chi connectivity index (χ1) is 14.9. The standard InChI is InChI=1S/C23H20N4O3S/c1-4-11-27-14(3)25-26-23(27)31-13(2)22(30)24-15-9-10-18-19(12-15)21(29)17-8-6-5-7-16(17)20(18)28/h4-10,12-13H,1,11H2,2-3H3,(H,24,30). The number of amides is 1. The third kappa shape index (κ3) is 3.82. The van der Waals surface area contributed by atoms with Gasteiger partial charge in [0.25, 0.3) is 0 Å². The van der Waals surface area contributed by atoms with Crippen LogP contribution in [0.4, 0.5) is 5.69 Å². The number of carbonyl (C=O) groups is 3. The van der Waals surface area contributed by atoms with Gasteiger partial charge in [-0.05, 0) is 32.0 Å². The zero-order valence-corrected chi connectivity index (χ0v) is 17.9. The predicted molar refractivity (Wildman–Crippen MR) is 119 cm³/mol. The first kappa shape index (κ1) is 20.7. The first-order valence-corrected chi connectivity index (χ1v) is 10.6. The van der Waals surface area contributed by atoms with Crippen LogP contribution >= 0.6 is 11.8 Å². The van der Waals surface area contributed by atoms with Crippen LogP contribution in [0.25, 0.3) is 0 Å². The molecule has 31 heavy (non-hydrogen) atoms. The first-order valence-electron chi connectivity index (χ1n) is 9.71. The van der Waals surface area contributed by atoms with Crippen LogP contribution in [0.2, 0.25) is 0 Å². The van der Waals surface area contributed by atoms with E-state index in [0.29, 0.717) is 39.6 Å². The van der Waals surface area contributed by atoms with E-state index in [2.05, 4.69) is 22.1 Å². The smallest absolute Gasteiger partial charge is 0.237 e. The minimum absolute atomic E-state index is 0.191. The minimum atomic E-state index is -0.457. The lowest BCUT2D eigenvalue weighted by molar-refractivity contribution is -0.115. The van der Waals surface area contributed by atoms with Crippen molar-refractivity contribution in [3.8, 4) is 0 Å². The number of fused-ring (bicyclic) bond motifs is 2. The SMILES string of the molecule is C=CCn1c(C)nnc1SC(C)C(=O)Nc1ccc2c(c1)C(=O)c1ccccc1C2=O. The Kier molecular flexibility index (Phi) is 5.56. The fraction of sp³-hybridized carbons (Fsp3) is 0.174. The molecule has 1 aliphatic carbocycles. The second-order valence-electron chi connectivity index (χ2n) is 7.14. The molecule has 0 aliphatic heterocycles. The summed E-state index contributed by atoms with van der Waals surface area (Å²) >= 11 is 1.29. The minimum Gasteiger partial charge on any atom is -0.325 e. The number of allylic oxidation sites excluding steroid dienone is 1. The van der Waals surface area contributed by atoms with Crippen LogP contribution in [0.5, 0.6) is 0 Å². The van der Waals surface area contributed by atoms with Crippen LogP contribution in [-0.2, 0) is 11.3 Å². The van der Waals surface area contributed by atoms with E-state index in [1.807, 2.05) is 11.5 Å². The number of carbonyl (C=O) groups excluding carboxylic acids is 3. The Labute approximate surface area is 183 Å². The fourth-order valence-corrected chi connectivity index (χ4v) is 4.32. The second kappa shape index (κ2) is 8.31. The highest BCUT2D eigenvalue weighted by molar-refractivity contribution is 8.00. The van der Waals surface area contributed by atoms with Gasteiger partial charge < -0.3 is 9.88 Å². The summed E-state index contributed by atoms with van der Waals surface area (Å²) in [5.41, 5.74) is 1.88. The van der Waals surface area contributed by atoms with E-state index in [1.54, 1.807) is 55.5 Å². The van der Waals surface area contributed by atoms with Crippen molar-refractivity contribution in [1.82, 2.24) is 14.8 Å². The summed E-state index contributed by atoms with van der Waals surface area (Å²) in [6.07, 6.45) is 1.74. The van der Waals surface area contributed by atoms with Gasteiger partial charge in [-0.2, -0.15) is 0 Å². The Bertz CT molecular complexity index is 1230. The maximum atomic E-state index is 12.9. The van der Waals surface area contributed by atoms with Gasteiger partial charge in [0.2, 0.25) is 5.91 Å². The zero-order chi connectivity index (χ0) is 22.1. The molecule has 0 radical (unpaired) electrons. The topological polar surface area (TPSA) is 93.9 Å². The van der Waals surface area contributed by atoms with Gasteiger partial charge in [-0.15, -0.1) is 16.8 Å². The lowest BCUT2D eigenvalue weighted by Gasteiger charge is -2.18. The van der Waals surface area contributed by atoms with Crippen LogP contribution in [-0.4, -0.2) is 37.5 Å². The number of thioether (sulfide) groups is 1. The number of anilines is 1. The summed E-state index contributed by atoms with van der Waals surface area (Å²) in [4.78, 5) is 38.3. The zero-order valence-electron chi connectivity index (χ0n) is 17.1. The van der Waals surface area contributed by atoms with Gasteiger partial charge in [0.1, 0.15) is 5.82 Å². The Balaban J connectivity index is 1.53. The van der Waals surface area contributed by atoms with Crippen molar-refractivity contribution < 1.29 is 14.4 Å². The Morgan fingerprint density at radius 3 is 2.42 bits per heavy atom. The molecule has 1 heterocycles. The molecular formula is C23H20N4O3S. The molecule has 1 aliphatic rings. The van der Waals surface area contributed by atoms with E-state index >= 15 is 0 Å². The molecule has 2 aromatic carbocycles. The van der Waals surface area contributed by atoms with E-state index in [1.165, 1.54) is 11.8 Å². The highest BCUT2D eigenvalue weighted by Crippen LogP contribution is 2.30. The molecule has 1 amide bonds. The van der Waals surface area contributed by atoms with Gasteiger partial charge in [0, 0.05) is 34.5 Å². The average molecular weight is 433 g/mol. The average Bonchev–Trinajstić information content (AvgIpc) is 3.11. The lowest BCUT2D eigenvalue weighted by Crippen LogP contribution is -2.24. The Morgan fingerprint density at radius 2 is 1.74 bits per heavy atom. The maximum absolute atomic E-state index is 12.9. The number of hydrogen-bond donors (Lipinski definition) is 1. The molecule has 1 atom stereocenters. The molecule has 0 spiro atoms. The number of ketones is 2. The maximum Gasteiger partial charge on any atom is 0.237 e. The molecular weight excluding hydrogens is 412 g/mol. The van der Waals surface area contributed by atoms with Crippen LogP contribution < -0.4 is 5.32 Å². The van der Waals surface area contributed by atoms with Crippen LogP contribution in [0.3, 0.4) is 0 Å². The quantitative estimate of drug-likeness (QED) is 0.369. The van der Waals surface area contributed by atoms with Gasteiger partial charge in [-0.25, -0.2) is 0 Å². The summed E-state index contributed by atoms with van der Waals surface area (Å²) in [5, 5.41) is 11.2. The number of aryl methyl sites for hydroxylation is 1. The molecule has 8 heteroatoms. The van der Waals surface area contributed by atoms with Crippen molar-refractivity contribution >= 4 is 34.9 Å². The van der Waals surface area contributed by atoms with Gasteiger partial charge in [0.05, 0.1) is 5.25 Å². The molecule has 1 aromatic heterocycles. The van der Waals surface area contributed by atoms with Crippen molar-refractivity contribution in [3.05, 3.63) is 83.2 Å². The van der Waals surface area contributed by atoms with Crippen molar-refractivity contribution in [3.63, 3.8) is 0 Å². The highest BCUT2D eigenvalue weighted by atomic mass is 32.2. The summed E-state index contributed by atoms with van der Waals surface area (Å²) in [6.45, 7) is 7.90. The van der Waals surface area contributed by atoms with Crippen LogP contribution in [0.1, 0.15) is 44.6 Å². The summed E-state index contributed by atoms with van der Waals surface area (Å²) < 4.78 is 1.88. The molecule has 0 fully saturated rings. The number of nitrogens with one attached hydrogen (secondary N) is 1. The number of rotatable bonds is 6. The predicted octanol–water partition coefficient (Wildman–Crippen LogP) is 3.67. The lowest BCUT2D eigenvalue weighted by atomic mass is 9.84. The normalized spacial score (nSPS) is 13.4. The van der Waals surface area contributed by atoms with E-state index < -0.39 is 5.25 Å². The third-order valence-corrected chi connectivity index (χ3v) is 6.14. The van der Waals surface area contributed by atoms with Crippen LogP contribution in [0, 0.1) is 6.92 Å². The second-order valence-corrected chi connectivity index (χ2v) is 8.45. The molecule has 7 nitrogen and oxygen atoms in total. The molecule has 156 valence electrons. The highest BCUT2D eigenvalue weighted by Gasteiger charge is 2.29. The largest absolute Gasteiger partial charge is 0.325 e. The van der Waals surface area contributed by atoms with Crippen molar-refractivity contribution in [1.29, 1.82) is 0 Å². The van der Waals surface area contributed by atoms with Gasteiger partial charge in [-0.3, -0.25) is 14.4 Å². The third-order valence-electron chi connectivity index (χ3n) is 5.06. The van der Waals surface area contributed by atoms with Gasteiger partial charge in [-0.1, -0.05) is 42.1 Å². The molecule has 0 saturated heterocycles. The molecule has 0 bridgehead atoms. The monoisotopic (exact) mass is 432 g/mol. The van der Waals surface area contributed by atoms with E-state index in [4.69, 9.17) is 0 Å². The molecule has 3 aromatic rings. The Morgan fingerprint density at radius 1 is 1.10 bits per heavy atom. The van der Waals surface area contributed by atoms with E-state index in [-0.39, 0.29) is 17.5 Å². The van der Waals surface area contributed by atoms with Crippen LogP contribution in [0.15, 0.2) is 60.3 Å². The number of nitrogens with zero attached hydrogens (tertiary/aromatic N) is 3. The summed E-state index contributed by atoms with van der Waals surface area (Å²) in [5.74, 6) is 0.0829. The van der Waals surface area contributed by atoms with Crippen molar-refractivity contribution in [2.24, 2.45) is 0 Å². The molecule has 1 unspecified atom stereocenters.